The molecule has 0 spiro atoms. The van der Waals surface area contributed by atoms with Crippen molar-refractivity contribution in [1.82, 2.24) is 0 Å². The number of aromatic amines is 2. The Kier molecular flexibility index (Phi) is 7.68. The van der Waals surface area contributed by atoms with Crippen LogP contribution in [0, 0.1) is 13.8 Å². The van der Waals surface area contributed by atoms with Gasteiger partial charge < -0.3 is 10.2 Å². The molecule has 8 aromatic rings. The fourth-order valence-electron chi connectivity index (χ4n) is 5.21. The van der Waals surface area contributed by atoms with Gasteiger partial charge in [-0.05, 0) is 70.8 Å². The summed E-state index contributed by atoms with van der Waals surface area (Å²) in [6.45, 7) is 4.14. The van der Waals surface area contributed by atoms with Gasteiger partial charge in [0, 0.05) is 12.1 Å². The molecule has 7 heteroatoms. The Labute approximate surface area is 260 Å². The second kappa shape index (κ2) is 11.6. The third kappa shape index (κ3) is 5.61. The van der Waals surface area contributed by atoms with Crippen molar-refractivity contribution in [2.75, 3.05) is 0 Å². The fraction of sp³-hybridized carbons (Fsp3) is 0.0556. The molecular weight excluding hydrogens is 566 g/mol. The van der Waals surface area contributed by atoms with Crippen LogP contribution in [0.1, 0.15) is 11.1 Å². The van der Waals surface area contributed by atoms with Crippen LogP contribution in [0.2, 0.25) is 0 Å². The number of rotatable bonds is 2. The van der Waals surface area contributed by atoms with E-state index < -0.39 is 0 Å². The Morgan fingerprint density at radius 3 is 1.26 bits per heavy atom. The molecule has 0 saturated heterocycles. The average molecular weight is 592 g/mol. The first-order valence-corrected chi connectivity index (χ1v) is 15.3. The van der Waals surface area contributed by atoms with Gasteiger partial charge in [-0.3, -0.25) is 0 Å². The molecule has 4 nitrogen and oxygen atoms in total. The second-order valence-corrected chi connectivity index (χ2v) is 12.6. The van der Waals surface area contributed by atoms with E-state index in [-0.39, 0.29) is 21.6 Å². The summed E-state index contributed by atoms with van der Waals surface area (Å²) in [7, 11) is 0. The van der Waals surface area contributed by atoms with Crippen molar-refractivity contribution < 1.29 is 20.2 Å². The third-order valence-electron chi connectivity index (χ3n) is 7.38. The van der Waals surface area contributed by atoms with Crippen LogP contribution < -0.4 is 20.2 Å². The van der Waals surface area contributed by atoms with Crippen molar-refractivity contribution in [2.24, 2.45) is 0 Å². The molecule has 0 bridgehead atoms. The number of aromatic nitrogens is 2. The van der Waals surface area contributed by atoms with Gasteiger partial charge in [0.05, 0.1) is 11.1 Å². The molecule has 0 atom stereocenters. The van der Waals surface area contributed by atoms with Crippen LogP contribution in [0.5, 0.6) is 11.5 Å². The maximum Gasteiger partial charge on any atom is 2.00 e. The summed E-state index contributed by atoms with van der Waals surface area (Å²) in [5, 5.41) is 30.7. The number of H-pyrrole nitrogens is 2. The zero-order valence-electron chi connectivity index (χ0n) is 23.7. The van der Waals surface area contributed by atoms with E-state index in [1.54, 1.807) is 34.8 Å². The zero-order valence-corrected chi connectivity index (χ0v) is 25.4. The van der Waals surface area contributed by atoms with Gasteiger partial charge in [-0.1, -0.05) is 107 Å². The van der Waals surface area contributed by atoms with Gasteiger partial charge in [0.25, 0.3) is 10.0 Å². The molecule has 0 fully saturated rings. The van der Waals surface area contributed by atoms with Crippen molar-refractivity contribution in [3.05, 3.63) is 120 Å². The van der Waals surface area contributed by atoms with E-state index in [0.29, 0.717) is 0 Å². The van der Waals surface area contributed by atoms with Crippen LogP contribution in [0.25, 0.3) is 63.1 Å². The fourth-order valence-corrected chi connectivity index (χ4v) is 7.23. The van der Waals surface area contributed by atoms with E-state index in [1.165, 1.54) is 20.5 Å². The van der Waals surface area contributed by atoms with Crippen LogP contribution >= 0.6 is 22.7 Å². The van der Waals surface area contributed by atoms with Crippen LogP contribution in [0.4, 0.5) is 0 Å². The summed E-state index contributed by atoms with van der Waals surface area (Å²) >= 11 is 3.25. The van der Waals surface area contributed by atoms with Gasteiger partial charge in [-0.15, -0.1) is 0 Å². The molecule has 0 aliphatic rings. The van der Waals surface area contributed by atoms with Crippen LogP contribution in [0.3, 0.4) is 0 Å². The molecule has 2 N–H and O–H groups in total. The minimum atomic E-state index is 0. The Morgan fingerprint density at radius 2 is 0.860 bits per heavy atom. The Bertz CT molecular complexity index is 2110. The van der Waals surface area contributed by atoms with Crippen molar-refractivity contribution in [3.63, 3.8) is 0 Å². The van der Waals surface area contributed by atoms with E-state index in [0.717, 1.165) is 53.7 Å². The molecule has 0 radical (unpaired) electrons. The molecule has 2 aromatic heterocycles. The molecule has 0 aliphatic carbocycles. The predicted octanol–water partition coefficient (Wildman–Crippen LogP) is 7.45. The average Bonchev–Trinajstić information content (AvgIpc) is 3.60. The summed E-state index contributed by atoms with van der Waals surface area (Å²) in [4.78, 5) is 6.75. The van der Waals surface area contributed by atoms with E-state index in [1.807, 2.05) is 60.7 Å². The molecule has 2 heterocycles. The smallest absolute Gasteiger partial charge is 0.872 e. The first-order valence-electron chi connectivity index (χ1n) is 13.7. The van der Waals surface area contributed by atoms with Gasteiger partial charge >= 0.3 is 10.1 Å². The standard InChI is InChI=1S/2C18H13NOS.Be/c2*1-11-6-7-17-15(8-11)19-18(21-17)14-9-12-4-2-3-5-13(12)10-16(14)20;/h2*2-10,20H,1H3;/q;;+2. The van der Waals surface area contributed by atoms with E-state index >= 15 is 0 Å². The van der Waals surface area contributed by atoms with Crippen LogP contribution in [0.15, 0.2) is 109 Å². The summed E-state index contributed by atoms with van der Waals surface area (Å²) in [6, 6.07) is 35.9. The zero-order chi connectivity index (χ0) is 28.8. The van der Waals surface area contributed by atoms with Gasteiger partial charge in [0.2, 0.25) is 11.0 Å². The van der Waals surface area contributed by atoms with Crippen LogP contribution in [-0.2, 0) is 0 Å². The molecule has 204 valence electrons. The molecule has 0 saturated carbocycles. The Balaban J connectivity index is 0.000000150. The topological polar surface area (TPSA) is 74.4 Å². The second-order valence-electron chi connectivity index (χ2n) is 10.5. The largest absolute Gasteiger partial charge is 2.00 e. The number of hydrogen-bond acceptors (Lipinski definition) is 4. The molecule has 8 rings (SSSR count). The maximum absolute atomic E-state index is 12.4. The first-order chi connectivity index (χ1) is 20.4. The van der Waals surface area contributed by atoms with Crippen LogP contribution in [-0.4, -0.2) is 10.1 Å². The normalized spacial score (nSPS) is 11.0. The first kappa shape index (κ1) is 28.5. The molecule has 0 amide bonds. The summed E-state index contributed by atoms with van der Waals surface area (Å²) in [5.74, 6) is 0.126. The Hall–Kier alpha value is -4.61. The van der Waals surface area contributed by atoms with E-state index in [4.69, 9.17) is 0 Å². The van der Waals surface area contributed by atoms with Crippen molar-refractivity contribution in [1.29, 1.82) is 0 Å². The Morgan fingerprint density at radius 1 is 0.488 bits per heavy atom. The maximum atomic E-state index is 12.4. The third-order valence-corrected chi connectivity index (χ3v) is 9.58. The van der Waals surface area contributed by atoms with Gasteiger partial charge in [0.15, 0.2) is 0 Å². The number of fused-ring (bicyclic) bond motifs is 4. The van der Waals surface area contributed by atoms with Crippen molar-refractivity contribution in [3.8, 4) is 32.6 Å². The minimum absolute atomic E-state index is 0. The quantitative estimate of drug-likeness (QED) is 0.196. The van der Waals surface area contributed by atoms with E-state index in [9.17, 15) is 10.2 Å². The van der Waals surface area contributed by atoms with Gasteiger partial charge in [0.1, 0.15) is 9.40 Å². The number of aryl methyl sites for hydroxylation is 2. The minimum Gasteiger partial charge on any atom is -0.872 e. The molecule has 6 aromatic carbocycles. The van der Waals surface area contributed by atoms with Crippen molar-refractivity contribution in [2.45, 2.75) is 13.8 Å². The number of hydrogen-bond donors (Lipinski definition) is 0. The van der Waals surface area contributed by atoms with Gasteiger partial charge in [-0.2, -0.15) is 9.97 Å². The monoisotopic (exact) mass is 591 g/mol. The van der Waals surface area contributed by atoms with Crippen molar-refractivity contribution >= 4 is 74.8 Å². The molecule has 0 aliphatic heterocycles. The summed E-state index contributed by atoms with van der Waals surface area (Å²) in [6.07, 6.45) is 0. The SMILES string of the molecule is Cc1ccc2sc(-c3cc4ccccc4cc3[O-])[nH+]c2c1.Cc1ccc2sc(-c3cc4ccccc4cc3[O-])[nH+]c2c1.[Be+2]. The number of benzene rings is 6. The molecular formula is C36H26BeN2O2S2+2. The number of thiazole rings is 2. The molecule has 43 heavy (non-hydrogen) atoms. The predicted molar refractivity (Wildman–Crippen MR) is 177 cm³/mol. The summed E-state index contributed by atoms with van der Waals surface area (Å²) < 4.78 is 2.34. The van der Waals surface area contributed by atoms with Gasteiger partial charge in [-0.25, -0.2) is 0 Å². The van der Waals surface area contributed by atoms with E-state index in [2.05, 4.69) is 60.2 Å². The number of nitrogens with one attached hydrogen (secondary N) is 2. The summed E-state index contributed by atoms with van der Waals surface area (Å²) in [5.41, 5.74) is 6.08. The molecule has 0 unspecified atom stereocenters.